The molecule has 0 saturated heterocycles. The Hall–Kier alpha value is -1.20. The molecule has 0 fully saturated rings. The van der Waals surface area contributed by atoms with Gasteiger partial charge in [-0.25, -0.2) is 0 Å². The standard InChI is InChI=1S/C10H11BrN4/c1-15-9(6-12)13-14-10(15)7-2-4-8(11)5-3-7/h2-5H,6,12H2,1H3. The highest BCUT2D eigenvalue weighted by Crippen LogP contribution is 2.19. The Morgan fingerprint density at radius 3 is 2.47 bits per heavy atom. The van der Waals surface area contributed by atoms with E-state index in [1.54, 1.807) is 0 Å². The third kappa shape index (κ3) is 1.93. The van der Waals surface area contributed by atoms with E-state index >= 15 is 0 Å². The Balaban J connectivity index is 2.45. The van der Waals surface area contributed by atoms with Gasteiger partial charge in [-0.3, -0.25) is 0 Å². The molecule has 0 amide bonds. The van der Waals surface area contributed by atoms with Crippen molar-refractivity contribution in [3.63, 3.8) is 0 Å². The molecule has 0 aliphatic carbocycles. The van der Waals surface area contributed by atoms with Gasteiger partial charge >= 0.3 is 0 Å². The van der Waals surface area contributed by atoms with E-state index in [9.17, 15) is 0 Å². The lowest BCUT2D eigenvalue weighted by molar-refractivity contribution is 0.797. The molecular weight excluding hydrogens is 256 g/mol. The van der Waals surface area contributed by atoms with Gasteiger partial charge in [-0.05, 0) is 12.1 Å². The van der Waals surface area contributed by atoms with E-state index in [1.807, 2.05) is 35.9 Å². The third-order valence-corrected chi connectivity index (χ3v) is 2.78. The molecule has 0 radical (unpaired) electrons. The van der Waals surface area contributed by atoms with Crippen LogP contribution in [-0.2, 0) is 13.6 Å². The quantitative estimate of drug-likeness (QED) is 0.901. The second-order valence-electron chi connectivity index (χ2n) is 3.21. The molecule has 5 heteroatoms. The van der Waals surface area contributed by atoms with E-state index in [0.29, 0.717) is 6.54 Å². The number of hydrogen-bond donors (Lipinski definition) is 1. The van der Waals surface area contributed by atoms with Gasteiger partial charge in [0, 0.05) is 17.1 Å². The Bertz CT molecular complexity index is 461. The van der Waals surface area contributed by atoms with Gasteiger partial charge in [0.1, 0.15) is 5.82 Å². The lowest BCUT2D eigenvalue weighted by atomic mass is 10.2. The number of aromatic nitrogens is 3. The molecule has 0 unspecified atom stereocenters. The number of hydrogen-bond acceptors (Lipinski definition) is 3. The summed E-state index contributed by atoms with van der Waals surface area (Å²) in [5.74, 6) is 1.62. The highest BCUT2D eigenvalue weighted by atomic mass is 79.9. The van der Waals surface area contributed by atoms with Crippen LogP contribution in [0.5, 0.6) is 0 Å². The fourth-order valence-electron chi connectivity index (χ4n) is 1.39. The van der Waals surface area contributed by atoms with Crippen LogP contribution in [0.15, 0.2) is 28.7 Å². The van der Waals surface area contributed by atoms with Crippen LogP contribution in [0, 0.1) is 0 Å². The van der Waals surface area contributed by atoms with Crippen molar-refractivity contribution < 1.29 is 0 Å². The summed E-state index contributed by atoms with van der Waals surface area (Å²) in [6, 6.07) is 7.95. The molecule has 4 nitrogen and oxygen atoms in total. The Labute approximate surface area is 96.3 Å². The van der Waals surface area contributed by atoms with E-state index in [1.165, 1.54) is 0 Å². The van der Waals surface area contributed by atoms with Crippen LogP contribution in [-0.4, -0.2) is 14.8 Å². The van der Waals surface area contributed by atoms with Gasteiger partial charge in [0.05, 0.1) is 6.54 Å². The minimum absolute atomic E-state index is 0.403. The summed E-state index contributed by atoms with van der Waals surface area (Å²) in [6.07, 6.45) is 0. The molecule has 0 atom stereocenters. The van der Waals surface area contributed by atoms with Crippen molar-refractivity contribution in [2.75, 3.05) is 0 Å². The first-order valence-corrected chi connectivity index (χ1v) is 5.36. The molecule has 1 aromatic carbocycles. The predicted octanol–water partition coefficient (Wildman–Crippen LogP) is 1.70. The molecule has 2 rings (SSSR count). The molecule has 0 aliphatic rings. The third-order valence-electron chi connectivity index (χ3n) is 2.25. The van der Waals surface area contributed by atoms with Gasteiger partial charge in [0.25, 0.3) is 0 Å². The molecule has 1 aromatic heterocycles. The van der Waals surface area contributed by atoms with Crippen LogP contribution >= 0.6 is 15.9 Å². The number of halogens is 1. The number of benzene rings is 1. The molecule has 78 valence electrons. The first kappa shape index (κ1) is 10.3. The molecule has 0 saturated carbocycles. The van der Waals surface area contributed by atoms with Crippen LogP contribution in [0.3, 0.4) is 0 Å². The Morgan fingerprint density at radius 1 is 1.27 bits per heavy atom. The maximum atomic E-state index is 5.54. The van der Waals surface area contributed by atoms with Crippen molar-refractivity contribution in [2.45, 2.75) is 6.54 Å². The topological polar surface area (TPSA) is 56.7 Å². The van der Waals surface area contributed by atoms with Crippen molar-refractivity contribution in [1.29, 1.82) is 0 Å². The molecule has 0 spiro atoms. The SMILES string of the molecule is Cn1c(CN)nnc1-c1ccc(Br)cc1. The average molecular weight is 267 g/mol. The molecule has 2 aromatic rings. The van der Waals surface area contributed by atoms with Crippen molar-refractivity contribution in [2.24, 2.45) is 12.8 Å². The largest absolute Gasteiger partial charge is 0.324 e. The van der Waals surface area contributed by atoms with Crippen molar-refractivity contribution >= 4 is 15.9 Å². The fraction of sp³-hybridized carbons (Fsp3) is 0.200. The smallest absolute Gasteiger partial charge is 0.163 e. The van der Waals surface area contributed by atoms with Gasteiger partial charge in [-0.15, -0.1) is 10.2 Å². The molecule has 1 heterocycles. The molecule has 0 bridgehead atoms. The van der Waals surface area contributed by atoms with Crippen molar-refractivity contribution in [3.05, 3.63) is 34.6 Å². The van der Waals surface area contributed by atoms with E-state index in [2.05, 4.69) is 26.1 Å². The first-order chi connectivity index (χ1) is 7.22. The molecule has 0 aliphatic heterocycles. The highest BCUT2D eigenvalue weighted by molar-refractivity contribution is 9.10. The Morgan fingerprint density at radius 2 is 1.93 bits per heavy atom. The zero-order valence-electron chi connectivity index (χ0n) is 8.31. The number of nitrogens with two attached hydrogens (primary N) is 1. The second-order valence-corrected chi connectivity index (χ2v) is 4.13. The first-order valence-electron chi connectivity index (χ1n) is 4.56. The molecular formula is C10H11BrN4. The summed E-state index contributed by atoms with van der Waals surface area (Å²) in [5.41, 5.74) is 6.57. The summed E-state index contributed by atoms with van der Waals surface area (Å²) < 4.78 is 2.95. The van der Waals surface area contributed by atoms with Crippen LogP contribution in [0.25, 0.3) is 11.4 Å². The average Bonchev–Trinajstić information content (AvgIpc) is 2.61. The summed E-state index contributed by atoms with van der Waals surface area (Å²) in [7, 11) is 1.92. The zero-order valence-corrected chi connectivity index (χ0v) is 9.90. The predicted molar refractivity (Wildman–Crippen MR) is 62.0 cm³/mol. The second kappa shape index (κ2) is 4.12. The Kier molecular flexibility index (Phi) is 2.83. The van der Waals surface area contributed by atoms with Crippen LogP contribution < -0.4 is 5.73 Å². The van der Waals surface area contributed by atoms with E-state index in [0.717, 1.165) is 21.7 Å². The minimum Gasteiger partial charge on any atom is -0.324 e. The van der Waals surface area contributed by atoms with Gasteiger partial charge in [0.2, 0.25) is 0 Å². The van der Waals surface area contributed by atoms with Crippen LogP contribution in [0.2, 0.25) is 0 Å². The highest BCUT2D eigenvalue weighted by Gasteiger charge is 2.08. The normalized spacial score (nSPS) is 10.6. The zero-order chi connectivity index (χ0) is 10.8. The lowest BCUT2D eigenvalue weighted by Gasteiger charge is -2.02. The fourth-order valence-corrected chi connectivity index (χ4v) is 1.65. The van der Waals surface area contributed by atoms with Gasteiger partial charge < -0.3 is 10.3 Å². The summed E-state index contributed by atoms with van der Waals surface area (Å²) >= 11 is 3.39. The van der Waals surface area contributed by atoms with Crippen LogP contribution in [0.4, 0.5) is 0 Å². The number of nitrogens with zero attached hydrogens (tertiary/aromatic N) is 3. The van der Waals surface area contributed by atoms with Crippen molar-refractivity contribution in [1.82, 2.24) is 14.8 Å². The van der Waals surface area contributed by atoms with E-state index < -0.39 is 0 Å². The summed E-state index contributed by atoms with van der Waals surface area (Å²) in [6.45, 7) is 0.403. The maximum Gasteiger partial charge on any atom is 0.163 e. The molecule has 2 N–H and O–H groups in total. The van der Waals surface area contributed by atoms with E-state index in [4.69, 9.17) is 5.73 Å². The van der Waals surface area contributed by atoms with Gasteiger partial charge in [-0.1, -0.05) is 28.1 Å². The maximum absolute atomic E-state index is 5.54. The summed E-state index contributed by atoms with van der Waals surface area (Å²) in [5, 5.41) is 8.11. The van der Waals surface area contributed by atoms with Gasteiger partial charge in [-0.2, -0.15) is 0 Å². The van der Waals surface area contributed by atoms with Crippen molar-refractivity contribution in [3.8, 4) is 11.4 Å². The monoisotopic (exact) mass is 266 g/mol. The lowest BCUT2D eigenvalue weighted by Crippen LogP contribution is -2.05. The number of rotatable bonds is 2. The van der Waals surface area contributed by atoms with E-state index in [-0.39, 0.29) is 0 Å². The summed E-state index contributed by atoms with van der Waals surface area (Å²) in [4.78, 5) is 0. The van der Waals surface area contributed by atoms with Gasteiger partial charge in [0.15, 0.2) is 5.82 Å². The molecule has 15 heavy (non-hydrogen) atoms. The van der Waals surface area contributed by atoms with Crippen LogP contribution in [0.1, 0.15) is 5.82 Å². The minimum atomic E-state index is 0.403.